The molecule has 0 saturated heterocycles. The first-order chi connectivity index (χ1) is 22.9. The van der Waals surface area contributed by atoms with Gasteiger partial charge < -0.3 is 9.15 Å². The Morgan fingerprint density at radius 1 is 0.462 bits per heavy atom. The lowest BCUT2D eigenvalue weighted by atomic mass is 9.85. The molecule has 2 aromatic carbocycles. The van der Waals surface area contributed by atoms with E-state index < -0.39 is 99.1 Å². The number of carbonyl (C=O) groups is 1. The number of hydrogen-bond donors (Lipinski definition) is 0. The third-order valence-corrected chi connectivity index (χ3v) is 6.93. The van der Waals surface area contributed by atoms with E-state index in [-0.39, 0.29) is 11.5 Å². The van der Waals surface area contributed by atoms with Gasteiger partial charge in [0.05, 0.1) is 10.8 Å². The number of fused-ring (bicyclic) bond motifs is 2. The maximum absolute atomic E-state index is 14.4. The number of ether oxygens (including phenoxy) is 1. The van der Waals surface area contributed by atoms with Crippen LogP contribution in [0.3, 0.4) is 0 Å². The van der Waals surface area contributed by atoms with E-state index in [0.717, 1.165) is 24.3 Å². The molecule has 3 rings (SSSR count). The van der Waals surface area contributed by atoms with Gasteiger partial charge in [0.25, 0.3) is 0 Å². The minimum atomic E-state index is -9.57. The first-order valence-corrected chi connectivity index (χ1v) is 12.4. The monoisotopic (exact) mass is 808 g/mol. The van der Waals surface area contributed by atoms with Gasteiger partial charge >= 0.3 is 71.4 Å². The Bertz CT molecular complexity index is 1920. The quantitative estimate of drug-likeness (QED) is 0.0839. The second-order valence-corrected chi connectivity index (χ2v) is 10.2. The molecule has 1 aromatic heterocycles. The zero-order valence-electron chi connectivity index (χ0n) is 23.4. The number of carbonyl (C=O) groups excluding carboxylic acids is 1. The smallest absolute Gasteiger partial charge is 0.452 e. The normalized spacial score (nSPS) is 15.4. The number of rotatable bonds is 11. The number of alkyl halides is 23. The van der Waals surface area contributed by atoms with Crippen molar-refractivity contribution in [1.82, 2.24) is 0 Å². The Morgan fingerprint density at radius 3 is 1.25 bits per heavy atom. The van der Waals surface area contributed by atoms with Crippen molar-refractivity contribution in [2.24, 2.45) is 0 Å². The third-order valence-electron chi connectivity index (χ3n) is 6.93. The minimum Gasteiger partial charge on any atom is -0.452 e. The average Bonchev–Trinajstić information content (AvgIpc) is 3.00. The van der Waals surface area contributed by atoms with E-state index in [2.05, 4.69) is 4.74 Å². The fraction of sp³-hybridized carbons (Fsp3) is 0.440. The molecular weight excluding hydrogens is 801 g/mol. The van der Waals surface area contributed by atoms with Crippen LogP contribution in [-0.4, -0.2) is 71.4 Å². The van der Waals surface area contributed by atoms with Crippen LogP contribution in [0.4, 0.5) is 101 Å². The van der Waals surface area contributed by atoms with E-state index in [4.69, 9.17) is 4.42 Å². The van der Waals surface area contributed by atoms with E-state index >= 15 is 0 Å². The van der Waals surface area contributed by atoms with Gasteiger partial charge in [-0.2, -0.15) is 101 Å². The highest BCUT2D eigenvalue weighted by Crippen LogP contribution is 2.67. The van der Waals surface area contributed by atoms with E-state index in [1.165, 1.54) is 6.07 Å². The molecule has 0 aliphatic rings. The lowest BCUT2D eigenvalue weighted by molar-refractivity contribution is -0.477. The Balaban J connectivity index is 2.12. The summed E-state index contributed by atoms with van der Waals surface area (Å²) in [6.07, 6.45) is -8.17. The molecule has 27 heteroatoms. The lowest BCUT2D eigenvalue weighted by Gasteiger charge is -2.44. The van der Waals surface area contributed by atoms with Crippen molar-refractivity contribution < 1.29 is 115 Å². The Hall–Kier alpha value is -4.23. The molecule has 0 radical (unpaired) electrons. The number of hydrogen-bond acceptors (Lipinski definition) is 4. The SMILES string of the molecule is O=C(Oc1cccc2c(=O)c3ccccc3oc12)C(F)(F)C(F)(F)C(F)(F)C(F)(F)C(F)(F)C(F)(F)C(F)(F)C(F)(F)C(F)(F)C(F)(F)C(F)(F)F. The number of halogens is 23. The van der Waals surface area contributed by atoms with Gasteiger partial charge in [-0.25, -0.2) is 4.79 Å². The molecule has 0 unspecified atom stereocenters. The fourth-order valence-corrected chi connectivity index (χ4v) is 3.93. The summed E-state index contributed by atoms with van der Waals surface area (Å²) in [5, 5.41) is -1.09. The van der Waals surface area contributed by atoms with Crippen LogP contribution in [0, 0.1) is 0 Å². The van der Waals surface area contributed by atoms with Crippen LogP contribution in [0.2, 0.25) is 0 Å². The first kappa shape index (κ1) is 42.2. The van der Waals surface area contributed by atoms with Crippen LogP contribution < -0.4 is 10.2 Å². The highest BCUT2D eigenvalue weighted by atomic mass is 19.4. The fourth-order valence-electron chi connectivity index (χ4n) is 3.93. The summed E-state index contributed by atoms with van der Waals surface area (Å²) in [5.41, 5.74) is -2.79. The predicted molar refractivity (Wildman–Crippen MR) is 121 cm³/mol. The van der Waals surface area contributed by atoms with Gasteiger partial charge in [0, 0.05) is 0 Å². The van der Waals surface area contributed by atoms with Crippen LogP contribution in [0.5, 0.6) is 5.75 Å². The van der Waals surface area contributed by atoms with Gasteiger partial charge in [-0.3, -0.25) is 4.79 Å². The topological polar surface area (TPSA) is 56.5 Å². The van der Waals surface area contributed by atoms with Gasteiger partial charge in [0.1, 0.15) is 5.58 Å². The summed E-state index contributed by atoms with van der Waals surface area (Å²) < 4.78 is 323. The van der Waals surface area contributed by atoms with Crippen LogP contribution in [-0.2, 0) is 4.79 Å². The van der Waals surface area contributed by atoms with E-state index in [9.17, 15) is 111 Å². The molecule has 4 nitrogen and oxygen atoms in total. The van der Waals surface area contributed by atoms with Crippen molar-refractivity contribution in [1.29, 1.82) is 0 Å². The first-order valence-electron chi connectivity index (χ1n) is 12.4. The van der Waals surface area contributed by atoms with Crippen molar-refractivity contribution in [3.63, 3.8) is 0 Å². The van der Waals surface area contributed by atoms with Crippen LogP contribution in [0.25, 0.3) is 21.9 Å². The molecule has 0 amide bonds. The van der Waals surface area contributed by atoms with Crippen molar-refractivity contribution in [2.75, 3.05) is 0 Å². The Morgan fingerprint density at radius 2 is 0.827 bits per heavy atom. The second kappa shape index (κ2) is 11.6. The third kappa shape index (κ3) is 5.20. The number of esters is 1. The van der Waals surface area contributed by atoms with E-state index in [0.29, 0.717) is 6.07 Å². The maximum Gasteiger partial charge on any atom is 0.460 e. The average molecular weight is 808 g/mol. The minimum absolute atomic E-state index is 0.244. The second-order valence-electron chi connectivity index (χ2n) is 10.2. The van der Waals surface area contributed by atoms with Crippen LogP contribution in [0.15, 0.2) is 51.7 Å². The van der Waals surface area contributed by atoms with Gasteiger partial charge in [0.2, 0.25) is 5.43 Å². The van der Waals surface area contributed by atoms with Gasteiger partial charge in [0.15, 0.2) is 11.3 Å². The molecule has 292 valence electrons. The number of benzene rings is 2. The zero-order chi connectivity index (χ0) is 40.9. The van der Waals surface area contributed by atoms with Crippen LogP contribution in [0.1, 0.15) is 0 Å². The highest BCUT2D eigenvalue weighted by Gasteiger charge is 2.99. The molecule has 0 saturated carbocycles. The molecule has 0 bridgehead atoms. The molecule has 0 spiro atoms. The Kier molecular flexibility index (Phi) is 9.44. The Labute approximate surface area is 267 Å². The summed E-state index contributed by atoms with van der Waals surface area (Å²) in [6.45, 7) is 0. The molecule has 0 aliphatic heterocycles. The largest absolute Gasteiger partial charge is 0.460 e. The van der Waals surface area contributed by atoms with Gasteiger partial charge in [-0.15, -0.1) is 0 Å². The zero-order valence-corrected chi connectivity index (χ0v) is 23.4. The summed E-state index contributed by atoms with van der Waals surface area (Å²) in [7, 11) is 0. The molecule has 0 atom stereocenters. The van der Waals surface area contributed by atoms with Crippen molar-refractivity contribution in [2.45, 2.75) is 65.4 Å². The molecule has 0 aliphatic carbocycles. The summed E-state index contributed by atoms with van der Waals surface area (Å²) in [6, 6.07) is 5.96. The molecule has 3 aromatic rings. The van der Waals surface area contributed by atoms with E-state index in [1.807, 2.05) is 0 Å². The molecule has 0 fully saturated rings. The molecule has 52 heavy (non-hydrogen) atoms. The number of para-hydroxylation sites is 2. The van der Waals surface area contributed by atoms with Crippen LogP contribution >= 0.6 is 0 Å². The van der Waals surface area contributed by atoms with Gasteiger partial charge in [-0.1, -0.05) is 18.2 Å². The van der Waals surface area contributed by atoms with Crippen molar-refractivity contribution in [3.05, 3.63) is 52.7 Å². The maximum atomic E-state index is 14.4. The lowest BCUT2D eigenvalue weighted by Crippen LogP contribution is -2.78. The van der Waals surface area contributed by atoms with E-state index in [1.54, 1.807) is 0 Å². The summed E-state index contributed by atoms with van der Waals surface area (Å²) in [4.78, 5) is 24.5. The summed E-state index contributed by atoms with van der Waals surface area (Å²) >= 11 is 0. The summed E-state index contributed by atoms with van der Waals surface area (Å²) in [5.74, 6) is -96.5. The van der Waals surface area contributed by atoms with Crippen molar-refractivity contribution in [3.8, 4) is 5.75 Å². The molecule has 1 heterocycles. The molecular formula is C25H7F23O4. The van der Waals surface area contributed by atoms with Gasteiger partial charge in [-0.05, 0) is 24.3 Å². The van der Waals surface area contributed by atoms with Crippen molar-refractivity contribution >= 4 is 27.9 Å². The highest BCUT2D eigenvalue weighted by molar-refractivity contribution is 5.94. The standard InChI is InChI=1S/C25H7F23O4/c26-15(27,14(50)52-11-7-3-5-9-12(49)8-4-1-2-6-10(8)51-13(9)11)16(28,29)17(30,31)18(32,33)19(34,35)20(36,37)21(38,39)22(40,41)23(42,43)24(44,45)25(46,47)48/h1-7H. The predicted octanol–water partition coefficient (Wildman–Crippen LogP) is 9.77. The molecule has 0 N–H and O–H groups in total.